The number of aromatic nitrogens is 2. The lowest BCUT2D eigenvalue weighted by atomic mass is 10.4. The Bertz CT molecular complexity index is 644. The van der Waals surface area contributed by atoms with Crippen LogP contribution in [0.15, 0.2) is 47.6 Å². The molecule has 0 unspecified atom stereocenters. The molecule has 0 fully saturated rings. The van der Waals surface area contributed by atoms with E-state index in [0.29, 0.717) is 6.61 Å². The highest BCUT2D eigenvalue weighted by molar-refractivity contribution is 7.92. The molecule has 0 atom stereocenters. The number of nitrogens with zero attached hydrogens (tertiary/aromatic N) is 2. The number of hydrogen-bond acceptors (Lipinski definition) is 5. The van der Waals surface area contributed by atoms with Gasteiger partial charge in [-0.2, -0.15) is 4.98 Å². The summed E-state index contributed by atoms with van der Waals surface area (Å²) in [6.07, 6.45) is 2.74. The van der Waals surface area contributed by atoms with E-state index < -0.39 is 10.0 Å². The van der Waals surface area contributed by atoms with E-state index >= 15 is 0 Å². The van der Waals surface area contributed by atoms with Gasteiger partial charge in [0.2, 0.25) is 5.88 Å². The van der Waals surface area contributed by atoms with Gasteiger partial charge in [0.1, 0.15) is 0 Å². The zero-order valence-electron chi connectivity index (χ0n) is 10.3. The Morgan fingerprint density at radius 1 is 1.21 bits per heavy atom. The standard InChI is InChI=1S/C12H13N3O3S/c1-2-18-12-9-13-8-11(14-12)15-19(16,17)10-6-4-3-5-7-10/h3-9H,2H2,1H3,(H,14,15). The summed E-state index contributed by atoms with van der Waals surface area (Å²) in [5.41, 5.74) is 0. The van der Waals surface area contributed by atoms with Crippen LogP contribution in [0.5, 0.6) is 5.88 Å². The zero-order chi connectivity index (χ0) is 13.7. The van der Waals surface area contributed by atoms with Crippen molar-refractivity contribution in [3.63, 3.8) is 0 Å². The number of ether oxygens (including phenoxy) is 1. The number of anilines is 1. The molecular weight excluding hydrogens is 266 g/mol. The van der Waals surface area contributed by atoms with Gasteiger partial charge in [0.15, 0.2) is 5.82 Å². The Hall–Kier alpha value is -2.15. The SMILES string of the molecule is CCOc1cncc(NS(=O)(=O)c2ccccc2)n1. The molecule has 100 valence electrons. The largest absolute Gasteiger partial charge is 0.477 e. The summed E-state index contributed by atoms with van der Waals surface area (Å²) in [5, 5.41) is 0. The minimum Gasteiger partial charge on any atom is -0.477 e. The minimum absolute atomic E-state index is 0.120. The van der Waals surface area contributed by atoms with E-state index in [1.165, 1.54) is 24.5 Å². The summed E-state index contributed by atoms with van der Waals surface area (Å²) in [5.74, 6) is 0.394. The highest BCUT2D eigenvalue weighted by Gasteiger charge is 2.14. The topological polar surface area (TPSA) is 81.2 Å². The van der Waals surface area contributed by atoms with Crippen LogP contribution in [-0.2, 0) is 10.0 Å². The molecule has 2 aromatic rings. The molecule has 0 radical (unpaired) electrons. The molecule has 19 heavy (non-hydrogen) atoms. The normalized spacial score (nSPS) is 11.0. The number of hydrogen-bond donors (Lipinski definition) is 1. The van der Waals surface area contributed by atoms with Crippen LogP contribution in [0.3, 0.4) is 0 Å². The van der Waals surface area contributed by atoms with Gasteiger partial charge in [-0.3, -0.25) is 9.71 Å². The first kappa shape index (κ1) is 13.3. The molecule has 6 nitrogen and oxygen atoms in total. The third-order valence-corrected chi connectivity index (χ3v) is 3.57. The lowest BCUT2D eigenvalue weighted by Gasteiger charge is -2.08. The quantitative estimate of drug-likeness (QED) is 0.900. The number of nitrogens with one attached hydrogen (secondary N) is 1. The van der Waals surface area contributed by atoms with Crippen LogP contribution >= 0.6 is 0 Å². The van der Waals surface area contributed by atoms with Gasteiger partial charge in [-0.05, 0) is 19.1 Å². The zero-order valence-corrected chi connectivity index (χ0v) is 11.1. The van der Waals surface area contributed by atoms with Gasteiger partial charge in [-0.15, -0.1) is 0 Å². The Labute approximate surface area is 111 Å². The van der Waals surface area contributed by atoms with Crippen LogP contribution in [0, 0.1) is 0 Å². The fraction of sp³-hybridized carbons (Fsp3) is 0.167. The molecule has 0 saturated heterocycles. The molecular formula is C12H13N3O3S. The van der Waals surface area contributed by atoms with E-state index in [4.69, 9.17) is 4.74 Å². The molecule has 2 rings (SSSR count). The van der Waals surface area contributed by atoms with Gasteiger partial charge < -0.3 is 4.74 Å². The molecule has 0 aliphatic heterocycles. The molecule has 0 aliphatic carbocycles. The van der Waals surface area contributed by atoms with Gasteiger partial charge in [-0.25, -0.2) is 8.42 Å². The maximum atomic E-state index is 12.1. The number of sulfonamides is 1. The summed E-state index contributed by atoms with van der Waals surface area (Å²) < 4.78 is 31.6. The van der Waals surface area contributed by atoms with Crippen molar-refractivity contribution in [2.75, 3.05) is 11.3 Å². The van der Waals surface area contributed by atoms with Gasteiger partial charge in [0.25, 0.3) is 10.0 Å². The third kappa shape index (κ3) is 3.41. The molecule has 0 spiro atoms. The van der Waals surface area contributed by atoms with Crippen LogP contribution in [0.2, 0.25) is 0 Å². The molecule has 1 N–H and O–H groups in total. The molecule has 0 aliphatic rings. The molecule has 1 aromatic carbocycles. The van der Waals surface area contributed by atoms with Crippen molar-refractivity contribution >= 4 is 15.8 Å². The maximum Gasteiger partial charge on any atom is 0.263 e. The summed E-state index contributed by atoms with van der Waals surface area (Å²) in [7, 11) is -3.65. The Balaban J connectivity index is 2.23. The van der Waals surface area contributed by atoms with E-state index in [9.17, 15) is 8.42 Å². The second kappa shape index (κ2) is 5.66. The van der Waals surface area contributed by atoms with Crippen LogP contribution in [0.25, 0.3) is 0 Å². The first-order valence-electron chi connectivity index (χ1n) is 5.64. The van der Waals surface area contributed by atoms with Crippen molar-refractivity contribution in [2.24, 2.45) is 0 Å². The van der Waals surface area contributed by atoms with Crippen LogP contribution in [-0.4, -0.2) is 25.0 Å². The molecule has 7 heteroatoms. The van der Waals surface area contributed by atoms with Crippen molar-refractivity contribution in [3.05, 3.63) is 42.7 Å². The second-order valence-electron chi connectivity index (χ2n) is 3.59. The second-order valence-corrected chi connectivity index (χ2v) is 5.28. The third-order valence-electron chi connectivity index (χ3n) is 2.20. The fourth-order valence-corrected chi connectivity index (χ4v) is 2.42. The lowest BCUT2D eigenvalue weighted by molar-refractivity contribution is 0.326. The van der Waals surface area contributed by atoms with Crippen LogP contribution < -0.4 is 9.46 Å². The van der Waals surface area contributed by atoms with Gasteiger partial charge in [0, 0.05) is 0 Å². The van der Waals surface area contributed by atoms with Crippen molar-refractivity contribution in [1.29, 1.82) is 0 Å². The molecule has 0 amide bonds. The molecule has 0 saturated carbocycles. The number of rotatable bonds is 5. The van der Waals surface area contributed by atoms with E-state index in [-0.39, 0.29) is 16.6 Å². The summed E-state index contributed by atoms with van der Waals surface area (Å²) in [6, 6.07) is 8.05. The Morgan fingerprint density at radius 2 is 1.95 bits per heavy atom. The first-order valence-corrected chi connectivity index (χ1v) is 7.13. The fourth-order valence-electron chi connectivity index (χ4n) is 1.41. The van der Waals surface area contributed by atoms with Crippen molar-refractivity contribution in [3.8, 4) is 5.88 Å². The predicted molar refractivity (Wildman–Crippen MR) is 70.5 cm³/mol. The van der Waals surface area contributed by atoms with Crippen molar-refractivity contribution in [2.45, 2.75) is 11.8 Å². The van der Waals surface area contributed by atoms with Gasteiger partial charge >= 0.3 is 0 Å². The van der Waals surface area contributed by atoms with E-state index in [2.05, 4.69) is 14.7 Å². The Morgan fingerprint density at radius 3 is 2.63 bits per heavy atom. The van der Waals surface area contributed by atoms with E-state index in [1.807, 2.05) is 6.92 Å². The first-order chi connectivity index (χ1) is 9.12. The lowest BCUT2D eigenvalue weighted by Crippen LogP contribution is -2.14. The highest BCUT2D eigenvalue weighted by Crippen LogP contribution is 2.15. The highest BCUT2D eigenvalue weighted by atomic mass is 32.2. The minimum atomic E-state index is -3.65. The summed E-state index contributed by atoms with van der Waals surface area (Å²) >= 11 is 0. The molecule has 1 aromatic heterocycles. The summed E-state index contributed by atoms with van der Waals surface area (Å²) in [6.45, 7) is 2.24. The van der Waals surface area contributed by atoms with Gasteiger partial charge in [0.05, 0.1) is 23.9 Å². The monoisotopic (exact) mass is 279 g/mol. The van der Waals surface area contributed by atoms with E-state index in [0.717, 1.165) is 0 Å². The smallest absolute Gasteiger partial charge is 0.263 e. The summed E-state index contributed by atoms with van der Waals surface area (Å²) in [4.78, 5) is 8.03. The van der Waals surface area contributed by atoms with Crippen molar-refractivity contribution in [1.82, 2.24) is 9.97 Å². The van der Waals surface area contributed by atoms with Crippen molar-refractivity contribution < 1.29 is 13.2 Å². The molecule has 0 bridgehead atoms. The molecule has 1 heterocycles. The average Bonchev–Trinajstić information content (AvgIpc) is 2.40. The Kier molecular flexibility index (Phi) is 3.96. The average molecular weight is 279 g/mol. The van der Waals surface area contributed by atoms with Crippen LogP contribution in [0.4, 0.5) is 5.82 Å². The number of benzene rings is 1. The maximum absolute atomic E-state index is 12.1. The predicted octanol–water partition coefficient (Wildman–Crippen LogP) is 1.68. The van der Waals surface area contributed by atoms with Crippen LogP contribution in [0.1, 0.15) is 6.92 Å². The van der Waals surface area contributed by atoms with E-state index in [1.54, 1.807) is 18.2 Å². The van der Waals surface area contributed by atoms with Gasteiger partial charge in [-0.1, -0.05) is 18.2 Å².